The third kappa shape index (κ3) is 4.09. The van der Waals surface area contributed by atoms with E-state index in [1.807, 2.05) is 27.7 Å². The largest absolute Gasteiger partial charge is 0.399 e. The van der Waals surface area contributed by atoms with Gasteiger partial charge < -0.3 is 11.5 Å². The van der Waals surface area contributed by atoms with Crippen LogP contribution >= 0.6 is 0 Å². The lowest BCUT2D eigenvalue weighted by molar-refractivity contribution is -0.141. The molecule has 2 rings (SSSR count). The maximum absolute atomic E-state index is 13.9. The Morgan fingerprint density at radius 2 is 1.08 bits per heavy atom. The normalized spacial score (nSPS) is 12.4. The van der Waals surface area contributed by atoms with Crippen molar-refractivity contribution in [1.29, 1.82) is 0 Å². The number of hydrogen-bond acceptors (Lipinski definition) is 2. The van der Waals surface area contributed by atoms with Gasteiger partial charge in [-0.25, -0.2) is 0 Å². The van der Waals surface area contributed by atoms with E-state index in [9.17, 15) is 13.2 Å². The summed E-state index contributed by atoms with van der Waals surface area (Å²) in [6.45, 7) is 7.66. The Labute approximate surface area is 147 Å². The summed E-state index contributed by atoms with van der Waals surface area (Å²) in [4.78, 5) is 0. The standard InChI is InChI=1S/C20H25F3N2/c1-11(2)15-9-13(5-7-17(15)24)19(20(21,22)23)14-6-8-18(25)16(10-14)12(3)4/h5-12,19H,24-25H2,1-4H3. The van der Waals surface area contributed by atoms with Crippen LogP contribution in [0.4, 0.5) is 24.5 Å². The fourth-order valence-electron chi connectivity index (χ4n) is 3.12. The Balaban J connectivity index is 2.63. The Morgan fingerprint density at radius 1 is 0.720 bits per heavy atom. The van der Waals surface area contributed by atoms with Gasteiger partial charge in [0.15, 0.2) is 0 Å². The molecule has 0 aliphatic heterocycles. The SMILES string of the molecule is CC(C)c1cc(C(c2ccc(N)c(C(C)C)c2)C(F)(F)F)ccc1N. The van der Waals surface area contributed by atoms with Gasteiger partial charge in [0.25, 0.3) is 0 Å². The lowest BCUT2D eigenvalue weighted by Crippen LogP contribution is -2.22. The number of nitrogens with two attached hydrogens (primary N) is 2. The Kier molecular flexibility index (Phi) is 5.35. The highest BCUT2D eigenvalue weighted by atomic mass is 19.4. The molecule has 2 aromatic rings. The summed E-state index contributed by atoms with van der Waals surface area (Å²) < 4.78 is 41.7. The predicted octanol–water partition coefficient (Wildman–Crippen LogP) is 5.79. The van der Waals surface area contributed by atoms with Crippen molar-refractivity contribution < 1.29 is 13.2 Å². The van der Waals surface area contributed by atoms with Crippen LogP contribution in [0.2, 0.25) is 0 Å². The van der Waals surface area contributed by atoms with E-state index >= 15 is 0 Å². The molecule has 0 unspecified atom stereocenters. The zero-order chi connectivity index (χ0) is 18.9. The lowest BCUT2D eigenvalue weighted by atomic mass is 9.85. The van der Waals surface area contributed by atoms with Crippen molar-refractivity contribution in [3.63, 3.8) is 0 Å². The molecule has 0 bridgehead atoms. The van der Waals surface area contributed by atoms with E-state index < -0.39 is 12.1 Å². The molecule has 0 aliphatic rings. The topological polar surface area (TPSA) is 52.0 Å². The van der Waals surface area contributed by atoms with Crippen LogP contribution in [-0.2, 0) is 0 Å². The maximum Gasteiger partial charge on any atom is 0.399 e. The summed E-state index contributed by atoms with van der Waals surface area (Å²) in [5.41, 5.74) is 14.7. The van der Waals surface area contributed by atoms with Crippen LogP contribution in [0.3, 0.4) is 0 Å². The van der Waals surface area contributed by atoms with Crippen molar-refractivity contribution in [3.05, 3.63) is 58.7 Å². The second-order valence-electron chi connectivity index (χ2n) is 7.06. The van der Waals surface area contributed by atoms with Gasteiger partial charge in [-0.1, -0.05) is 52.0 Å². The van der Waals surface area contributed by atoms with Crippen LogP contribution in [-0.4, -0.2) is 6.18 Å². The number of rotatable bonds is 4. The van der Waals surface area contributed by atoms with Crippen LogP contribution in [0.1, 0.15) is 67.7 Å². The van der Waals surface area contributed by atoms with Gasteiger partial charge >= 0.3 is 6.18 Å². The van der Waals surface area contributed by atoms with Gasteiger partial charge in [0.2, 0.25) is 0 Å². The molecule has 0 fully saturated rings. The molecular weight excluding hydrogens is 325 g/mol. The molecule has 0 saturated heterocycles. The van der Waals surface area contributed by atoms with E-state index in [-0.39, 0.29) is 23.0 Å². The highest BCUT2D eigenvalue weighted by Crippen LogP contribution is 2.42. The van der Waals surface area contributed by atoms with Crippen LogP contribution in [0.5, 0.6) is 0 Å². The molecule has 4 N–H and O–H groups in total. The maximum atomic E-state index is 13.9. The number of hydrogen-bond donors (Lipinski definition) is 2. The smallest absolute Gasteiger partial charge is 0.398 e. The van der Waals surface area contributed by atoms with Crippen molar-refractivity contribution in [2.45, 2.75) is 51.6 Å². The average Bonchev–Trinajstić information content (AvgIpc) is 2.49. The van der Waals surface area contributed by atoms with Crippen molar-refractivity contribution in [2.75, 3.05) is 11.5 Å². The number of nitrogen functional groups attached to an aromatic ring is 2. The highest BCUT2D eigenvalue weighted by Gasteiger charge is 2.42. The van der Waals surface area contributed by atoms with Gasteiger partial charge in [-0.15, -0.1) is 0 Å². The van der Waals surface area contributed by atoms with Crippen molar-refractivity contribution >= 4 is 11.4 Å². The molecule has 2 nitrogen and oxygen atoms in total. The van der Waals surface area contributed by atoms with E-state index in [1.54, 1.807) is 24.3 Å². The molecule has 0 spiro atoms. The van der Waals surface area contributed by atoms with Crippen LogP contribution in [0, 0.1) is 0 Å². The third-order valence-corrected chi connectivity index (χ3v) is 4.46. The molecule has 25 heavy (non-hydrogen) atoms. The van der Waals surface area contributed by atoms with E-state index in [0.29, 0.717) is 11.4 Å². The zero-order valence-electron chi connectivity index (χ0n) is 15.0. The Hall–Kier alpha value is -2.17. The van der Waals surface area contributed by atoms with Gasteiger partial charge in [-0.2, -0.15) is 13.2 Å². The molecule has 136 valence electrons. The van der Waals surface area contributed by atoms with E-state index in [2.05, 4.69) is 0 Å². The minimum atomic E-state index is -4.41. The number of anilines is 2. The van der Waals surface area contributed by atoms with Crippen molar-refractivity contribution in [1.82, 2.24) is 0 Å². The van der Waals surface area contributed by atoms with Crippen molar-refractivity contribution in [2.24, 2.45) is 0 Å². The average molecular weight is 350 g/mol. The first-order valence-electron chi connectivity index (χ1n) is 8.37. The van der Waals surface area contributed by atoms with Gasteiger partial charge in [0, 0.05) is 11.4 Å². The molecule has 2 aromatic carbocycles. The highest BCUT2D eigenvalue weighted by molar-refractivity contribution is 5.55. The minimum absolute atomic E-state index is 0.0477. The second-order valence-corrected chi connectivity index (χ2v) is 7.06. The summed E-state index contributed by atoms with van der Waals surface area (Å²) in [6, 6.07) is 9.19. The summed E-state index contributed by atoms with van der Waals surface area (Å²) in [7, 11) is 0. The van der Waals surface area contributed by atoms with Crippen LogP contribution in [0.25, 0.3) is 0 Å². The molecule has 0 aromatic heterocycles. The monoisotopic (exact) mass is 350 g/mol. The Morgan fingerprint density at radius 3 is 1.36 bits per heavy atom. The third-order valence-electron chi connectivity index (χ3n) is 4.46. The molecule has 0 saturated carbocycles. The van der Waals surface area contributed by atoms with E-state index in [1.165, 1.54) is 12.1 Å². The number of alkyl halides is 3. The Bertz CT molecular complexity index is 692. The molecule has 5 heteroatoms. The minimum Gasteiger partial charge on any atom is -0.398 e. The zero-order valence-corrected chi connectivity index (χ0v) is 15.0. The first-order valence-corrected chi connectivity index (χ1v) is 8.37. The summed E-state index contributed by atoms with van der Waals surface area (Å²) in [5, 5.41) is 0. The van der Waals surface area contributed by atoms with Crippen molar-refractivity contribution in [3.8, 4) is 0 Å². The molecular formula is C20H25F3N2. The van der Waals surface area contributed by atoms with Gasteiger partial charge in [0.1, 0.15) is 5.92 Å². The van der Waals surface area contributed by atoms with Gasteiger partial charge in [0.05, 0.1) is 0 Å². The summed E-state index contributed by atoms with van der Waals surface area (Å²) >= 11 is 0. The van der Waals surface area contributed by atoms with Crippen LogP contribution in [0.15, 0.2) is 36.4 Å². The van der Waals surface area contributed by atoms with Gasteiger partial charge in [-0.3, -0.25) is 0 Å². The van der Waals surface area contributed by atoms with E-state index in [4.69, 9.17) is 11.5 Å². The van der Waals surface area contributed by atoms with Gasteiger partial charge in [-0.05, 0) is 46.2 Å². The fourth-order valence-corrected chi connectivity index (χ4v) is 3.12. The van der Waals surface area contributed by atoms with E-state index in [0.717, 1.165) is 11.1 Å². The summed E-state index contributed by atoms with van der Waals surface area (Å²) in [6.07, 6.45) is -4.41. The first-order chi connectivity index (χ1) is 11.5. The first kappa shape index (κ1) is 19.2. The lowest BCUT2D eigenvalue weighted by Gasteiger charge is -2.24. The van der Waals surface area contributed by atoms with Crippen LogP contribution < -0.4 is 11.5 Å². The number of benzene rings is 2. The summed E-state index contributed by atoms with van der Waals surface area (Å²) in [5.74, 6) is -1.61. The molecule has 0 atom stereocenters. The molecule has 0 radical (unpaired) electrons. The molecule has 0 amide bonds. The molecule has 0 aliphatic carbocycles. The number of halogens is 3. The quantitative estimate of drug-likeness (QED) is 0.686. The predicted molar refractivity (Wildman–Crippen MR) is 97.8 cm³/mol. The fraction of sp³-hybridized carbons (Fsp3) is 0.400. The second kappa shape index (κ2) is 6.98. The molecule has 0 heterocycles.